The Bertz CT molecular complexity index is 411. The summed E-state index contributed by atoms with van der Waals surface area (Å²) in [6, 6.07) is 4.36. The molecule has 0 aliphatic rings. The summed E-state index contributed by atoms with van der Waals surface area (Å²) in [6.07, 6.45) is 0. The van der Waals surface area contributed by atoms with Crippen LogP contribution >= 0.6 is 15.9 Å². The fourth-order valence-corrected chi connectivity index (χ4v) is 2.39. The van der Waals surface area contributed by atoms with Crippen molar-refractivity contribution in [1.82, 2.24) is 10.2 Å². The lowest BCUT2D eigenvalue weighted by atomic mass is 10.2. The Labute approximate surface area is 124 Å². The van der Waals surface area contributed by atoms with Crippen LogP contribution in [0.5, 0.6) is 11.5 Å². The monoisotopic (exact) mass is 330 g/mol. The second-order valence-electron chi connectivity index (χ2n) is 4.84. The molecule has 1 N–H and O–H groups in total. The van der Waals surface area contributed by atoms with Gasteiger partial charge in [0.1, 0.15) is 0 Å². The van der Waals surface area contributed by atoms with E-state index < -0.39 is 0 Å². The summed E-state index contributed by atoms with van der Waals surface area (Å²) >= 11 is 3.57. The summed E-state index contributed by atoms with van der Waals surface area (Å²) in [4.78, 5) is 2.17. The summed E-state index contributed by atoms with van der Waals surface area (Å²) in [5.74, 6) is 1.49. The molecule has 0 heterocycles. The number of rotatable bonds is 7. The van der Waals surface area contributed by atoms with Crippen LogP contribution in [0.15, 0.2) is 16.6 Å². The van der Waals surface area contributed by atoms with Gasteiger partial charge in [-0.05, 0) is 38.7 Å². The van der Waals surface area contributed by atoms with Gasteiger partial charge in [0, 0.05) is 23.6 Å². The number of hydrogen-bond acceptors (Lipinski definition) is 4. The SMILES string of the molecule is COc1cc(Br)c(CNC(C)CN(C)C)cc1OC. The van der Waals surface area contributed by atoms with Gasteiger partial charge in [-0.15, -0.1) is 0 Å². The molecule has 1 aromatic carbocycles. The van der Waals surface area contributed by atoms with Gasteiger partial charge in [-0.1, -0.05) is 15.9 Å². The first-order valence-corrected chi connectivity index (χ1v) is 7.05. The second-order valence-corrected chi connectivity index (χ2v) is 5.70. The molecule has 1 unspecified atom stereocenters. The molecule has 0 aliphatic carbocycles. The quantitative estimate of drug-likeness (QED) is 0.832. The standard InChI is InChI=1S/C14H23BrN2O2/c1-10(9-17(2)3)16-8-11-6-13(18-4)14(19-5)7-12(11)15/h6-7,10,16H,8-9H2,1-5H3. The number of halogens is 1. The van der Waals surface area contributed by atoms with E-state index in [0.29, 0.717) is 6.04 Å². The lowest BCUT2D eigenvalue weighted by molar-refractivity contribution is 0.346. The van der Waals surface area contributed by atoms with Crippen molar-refractivity contribution < 1.29 is 9.47 Å². The first-order chi connectivity index (χ1) is 8.97. The van der Waals surface area contributed by atoms with Gasteiger partial charge in [-0.2, -0.15) is 0 Å². The van der Waals surface area contributed by atoms with Crippen LogP contribution in [-0.4, -0.2) is 45.8 Å². The highest BCUT2D eigenvalue weighted by molar-refractivity contribution is 9.10. The van der Waals surface area contributed by atoms with Crippen molar-refractivity contribution in [3.05, 3.63) is 22.2 Å². The molecule has 0 saturated carbocycles. The van der Waals surface area contributed by atoms with Crippen molar-refractivity contribution in [1.29, 1.82) is 0 Å². The first-order valence-electron chi connectivity index (χ1n) is 6.26. The van der Waals surface area contributed by atoms with Gasteiger partial charge in [-0.25, -0.2) is 0 Å². The summed E-state index contributed by atoms with van der Waals surface area (Å²) in [6.45, 7) is 3.97. The highest BCUT2D eigenvalue weighted by atomic mass is 79.9. The van der Waals surface area contributed by atoms with E-state index in [1.54, 1.807) is 14.2 Å². The van der Waals surface area contributed by atoms with E-state index in [0.717, 1.165) is 34.6 Å². The molecule has 1 aromatic rings. The van der Waals surface area contributed by atoms with Crippen LogP contribution in [0.3, 0.4) is 0 Å². The van der Waals surface area contributed by atoms with Crippen LogP contribution in [0.2, 0.25) is 0 Å². The molecule has 0 amide bonds. The minimum absolute atomic E-state index is 0.426. The lowest BCUT2D eigenvalue weighted by Gasteiger charge is -2.19. The fraction of sp³-hybridized carbons (Fsp3) is 0.571. The van der Waals surface area contributed by atoms with E-state index in [-0.39, 0.29) is 0 Å². The van der Waals surface area contributed by atoms with Gasteiger partial charge >= 0.3 is 0 Å². The second kappa shape index (κ2) is 7.72. The molecule has 4 nitrogen and oxygen atoms in total. The maximum atomic E-state index is 5.32. The topological polar surface area (TPSA) is 33.7 Å². The van der Waals surface area contributed by atoms with E-state index in [4.69, 9.17) is 9.47 Å². The van der Waals surface area contributed by atoms with Crippen LogP contribution in [0.1, 0.15) is 12.5 Å². The highest BCUT2D eigenvalue weighted by Gasteiger charge is 2.10. The van der Waals surface area contributed by atoms with Gasteiger partial charge in [-0.3, -0.25) is 0 Å². The van der Waals surface area contributed by atoms with Crippen LogP contribution in [0, 0.1) is 0 Å². The van der Waals surface area contributed by atoms with Gasteiger partial charge in [0.2, 0.25) is 0 Å². The Morgan fingerprint density at radius 1 is 1.21 bits per heavy atom. The van der Waals surface area contributed by atoms with Crippen LogP contribution in [-0.2, 0) is 6.54 Å². The smallest absolute Gasteiger partial charge is 0.161 e. The number of benzene rings is 1. The molecule has 0 aromatic heterocycles. The zero-order valence-electron chi connectivity index (χ0n) is 12.3. The van der Waals surface area contributed by atoms with Crippen molar-refractivity contribution in [3.63, 3.8) is 0 Å². The molecule has 19 heavy (non-hydrogen) atoms. The average Bonchev–Trinajstić information content (AvgIpc) is 2.36. The highest BCUT2D eigenvalue weighted by Crippen LogP contribution is 2.33. The van der Waals surface area contributed by atoms with E-state index >= 15 is 0 Å². The Hall–Kier alpha value is -0.780. The molecule has 0 saturated heterocycles. The summed E-state index contributed by atoms with van der Waals surface area (Å²) in [5.41, 5.74) is 1.16. The number of nitrogens with zero attached hydrogens (tertiary/aromatic N) is 1. The summed E-state index contributed by atoms with van der Waals surface area (Å²) in [7, 11) is 7.44. The van der Waals surface area contributed by atoms with E-state index in [1.807, 2.05) is 12.1 Å². The van der Waals surface area contributed by atoms with Crippen LogP contribution < -0.4 is 14.8 Å². The maximum absolute atomic E-state index is 5.32. The van der Waals surface area contributed by atoms with Crippen molar-refractivity contribution in [2.24, 2.45) is 0 Å². The van der Waals surface area contributed by atoms with Crippen molar-refractivity contribution in [2.45, 2.75) is 19.5 Å². The summed E-state index contributed by atoms with van der Waals surface area (Å²) in [5, 5.41) is 3.49. The largest absolute Gasteiger partial charge is 0.493 e. The van der Waals surface area contributed by atoms with Gasteiger partial charge < -0.3 is 19.7 Å². The lowest BCUT2D eigenvalue weighted by Crippen LogP contribution is -2.35. The third kappa shape index (κ3) is 5.01. The zero-order valence-corrected chi connectivity index (χ0v) is 13.9. The molecule has 0 spiro atoms. The molecule has 1 atom stereocenters. The normalized spacial score (nSPS) is 12.6. The maximum Gasteiger partial charge on any atom is 0.161 e. The molecule has 0 aliphatic heterocycles. The van der Waals surface area contributed by atoms with Gasteiger partial charge in [0.15, 0.2) is 11.5 Å². The predicted octanol–water partition coefficient (Wildman–Crippen LogP) is 2.51. The first kappa shape index (κ1) is 16.3. The molecule has 1 rings (SSSR count). The third-order valence-electron chi connectivity index (χ3n) is 2.83. The summed E-state index contributed by atoms with van der Waals surface area (Å²) < 4.78 is 11.6. The Kier molecular flexibility index (Phi) is 6.62. The zero-order chi connectivity index (χ0) is 14.4. The van der Waals surface area contributed by atoms with Crippen molar-refractivity contribution in [2.75, 3.05) is 34.9 Å². The minimum Gasteiger partial charge on any atom is -0.493 e. The minimum atomic E-state index is 0.426. The van der Waals surface area contributed by atoms with Crippen molar-refractivity contribution >= 4 is 15.9 Å². The number of hydrogen-bond donors (Lipinski definition) is 1. The van der Waals surface area contributed by atoms with Crippen molar-refractivity contribution in [3.8, 4) is 11.5 Å². The third-order valence-corrected chi connectivity index (χ3v) is 3.57. The van der Waals surface area contributed by atoms with E-state index in [1.165, 1.54) is 0 Å². The van der Waals surface area contributed by atoms with Gasteiger partial charge in [0.05, 0.1) is 14.2 Å². The van der Waals surface area contributed by atoms with Gasteiger partial charge in [0.25, 0.3) is 0 Å². The number of methoxy groups -OCH3 is 2. The number of nitrogens with one attached hydrogen (secondary N) is 1. The molecule has 0 fully saturated rings. The van der Waals surface area contributed by atoms with E-state index in [9.17, 15) is 0 Å². The van der Waals surface area contributed by atoms with Crippen LogP contribution in [0.4, 0.5) is 0 Å². The average molecular weight is 331 g/mol. The molecular weight excluding hydrogens is 308 g/mol. The predicted molar refractivity (Wildman–Crippen MR) is 82.1 cm³/mol. The number of likely N-dealkylation sites (N-methyl/N-ethyl adjacent to an activating group) is 1. The molecule has 5 heteroatoms. The van der Waals surface area contributed by atoms with E-state index in [2.05, 4.69) is 47.2 Å². The Morgan fingerprint density at radius 2 is 1.79 bits per heavy atom. The Balaban J connectivity index is 2.73. The van der Waals surface area contributed by atoms with Crippen LogP contribution in [0.25, 0.3) is 0 Å². The fourth-order valence-electron chi connectivity index (χ4n) is 1.93. The molecule has 0 bridgehead atoms. The molecule has 108 valence electrons. The molecule has 0 radical (unpaired) electrons. The number of ether oxygens (including phenoxy) is 2. The Morgan fingerprint density at radius 3 is 2.32 bits per heavy atom. The molecular formula is C14H23BrN2O2.